The minimum Gasteiger partial charge on any atom is -0.399 e. The van der Waals surface area contributed by atoms with Crippen LogP contribution in [0.3, 0.4) is 0 Å². The molecule has 5 heteroatoms. The highest BCUT2D eigenvalue weighted by Crippen LogP contribution is 2.13. The van der Waals surface area contributed by atoms with Crippen LogP contribution in [0.15, 0.2) is 48.1 Å². The molecule has 1 aliphatic carbocycles. The summed E-state index contributed by atoms with van der Waals surface area (Å²) in [6.45, 7) is 1.92. The first-order valence-corrected chi connectivity index (χ1v) is 8.01. The summed E-state index contributed by atoms with van der Waals surface area (Å²) in [6.07, 6.45) is 9.05. The van der Waals surface area contributed by atoms with Crippen molar-refractivity contribution in [3.05, 3.63) is 53.6 Å². The second-order valence-electron chi connectivity index (χ2n) is 5.57. The zero-order chi connectivity index (χ0) is 16.5. The first-order chi connectivity index (χ1) is 11.2. The number of nitrogens with one attached hydrogen (secondary N) is 1. The molecule has 1 amide bonds. The number of unbranched alkanes of at least 4 members (excludes halogenated alkanes) is 1. The van der Waals surface area contributed by atoms with Crippen LogP contribution in [0.4, 0.5) is 5.69 Å². The van der Waals surface area contributed by atoms with Gasteiger partial charge in [0.25, 0.3) is 5.91 Å². The molecule has 1 atom stereocenters. The van der Waals surface area contributed by atoms with Crippen LogP contribution in [0.5, 0.6) is 0 Å². The lowest BCUT2D eigenvalue weighted by Gasteiger charge is -2.16. The number of amides is 1. The monoisotopic (exact) mass is 315 g/mol. The van der Waals surface area contributed by atoms with Crippen LogP contribution in [0.1, 0.15) is 29.6 Å². The Balaban J connectivity index is 1.54. The van der Waals surface area contributed by atoms with Crippen LogP contribution >= 0.6 is 0 Å². The number of carbonyl (C=O) groups is 1. The molecule has 0 spiro atoms. The van der Waals surface area contributed by atoms with Crippen molar-refractivity contribution in [1.82, 2.24) is 5.32 Å². The molecule has 0 aliphatic heterocycles. The summed E-state index contributed by atoms with van der Waals surface area (Å²) < 4.78 is 5.78. The van der Waals surface area contributed by atoms with Crippen molar-refractivity contribution >= 4 is 11.6 Å². The van der Waals surface area contributed by atoms with Gasteiger partial charge >= 0.3 is 0 Å². The zero-order valence-corrected chi connectivity index (χ0v) is 13.3. The number of ether oxygens (including phenoxy) is 1. The maximum Gasteiger partial charge on any atom is 0.251 e. The Morgan fingerprint density at radius 2 is 2.04 bits per heavy atom. The molecular formula is C18H25N3O2. The predicted octanol–water partition coefficient (Wildman–Crippen LogP) is 2.01. The van der Waals surface area contributed by atoms with Gasteiger partial charge in [0.15, 0.2) is 0 Å². The van der Waals surface area contributed by atoms with Crippen LogP contribution in [0, 0.1) is 0 Å². The third kappa shape index (κ3) is 5.88. The van der Waals surface area contributed by atoms with Gasteiger partial charge in [0.05, 0.1) is 6.10 Å². The molecule has 0 heterocycles. The van der Waals surface area contributed by atoms with E-state index in [1.165, 1.54) is 0 Å². The van der Waals surface area contributed by atoms with Crippen molar-refractivity contribution in [1.29, 1.82) is 0 Å². The highest BCUT2D eigenvalue weighted by molar-refractivity contribution is 5.94. The van der Waals surface area contributed by atoms with Gasteiger partial charge in [0, 0.05) is 30.9 Å². The lowest BCUT2D eigenvalue weighted by Crippen LogP contribution is -2.24. The number of hydrogen-bond acceptors (Lipinski definition) is 4. The number of carbonyl (C=O) groups excluding carboxylic acids is 1. The molecule has 1 unspecified atom stereocenters. The second kappa shape index (κ2) is 9.12. The van der Waals surface area contributed by atoms with Gasteiger partial charge in [-0.1, -0.05) is 18.2 Å². The summed E-state index contributed by atoms with van der Waals surface area (Å²) in [5, 5.41) is 2.90. The topological polar surface area (TPSA) is 90.4 Å². The Hall–Kier alpha value is -2.11. The average molecular weight is 315 g/mol. The van der Waals surface area contributed by atoms with Crippen LogP contribution in [0.2, 0.25) is 0 Å². The van der Waals surface area contributed by atoms with Crippen molar-refractivity contribution < 1.29 is 9.53 Å². The largest absolute Gasteiger partial charge is 0.399 e. The Labute approximate surface area is 137 Å². The number of hydrogen-bond donors (Lipinski definition) is 3. The van der Waals surface area contributed by atoms with Gasteiger partial charge in [-0.05, 0) is 49.1 Å². The Kier molecular flexibility index (Phi) is 6.84. The van der Waals surface area contributed by atoms with E-state index in [1.54, 1.807) is 24.3 Å². The van der Waals surface area contributed by atoms with Crippen LogP contribution in [-0.2, 0) is 4.74 Å². The van der Waals surface area contributed by atoms with Crippen molar-refractivity contribution in [2.24, 2.45) is 5.73 Å². The lowest BCUT2D eigenvalue weighted by molar-refractivity contribution is 0.0822. The van der Waals surface area contributed by atoms with Crippen molar-refractivity contribution in [2.45, 2.75) is 25.4 Å². The zero-order valence-electron chi connectivity index (χ0n) is 13.3. The third-order valence-corrected chi connectivity index (χ3v) is 3.73. The minimum atomic E-state index is -0.0689. The fourth-order valence-electron chi connectivity index (χ4n) is 2.32. The first-order valence-electron chi connectivity index (χ1n) is 8.01. The van der Waals surface area contributed by atoms with Crippen LogP contribution < -0.4 is 16.8 Å². The summed E-state index contributed by atoms with van der Waals surface area (Å²) in [7, 11) is 0. The Morgan fingerprint density at radius 3 is 2.70 bits per heavy atom. The van der Waals surface area contributed by atoms with Gasteiger partial charge in [0.2, 0.25) is 0 Å². The number of rotatable bonds is 8. The molecule has 23 heavy (non-hydrogen) atoms. The second-order valence-corrected chi connectivity index (χ2v) is 5.57. The van der Waals surface area contributed by atoms with Crippen LogP contribution in [0.25, 0.3) is 0 Å². The fraction of sp³-hybridized carbons (Fsp3) is 0.389. The summed E-state index contributed by atoms with van der Waals surface area (Å²) >= 11 is 0. The Bertz CT molecular complexity index is 564. The average Bonchev–Trinajstić information content (AvgIpc) is 2.59. The molecule has 5 nitrogen and oxygen atoms in total. The van der Waals surface area contributed by atoms with Gasteiger partial charge in [-0.25, -0.2) is 0 Å². The molecule has 124 valence electrons. The number of nitrogens with two attached hydrogens (primary N) is 2. The van der Waals surface area contributed by atoms with Crippen molar-refractivity contribution in [2.75, 3.05) is 25.4 Å². The van der Waals surface area contributed by atoms with E-state index >= 15 is 0 Å². The predicted molar refractivity (Wildman–Crippen MR) is 93.1 cm³/mol. The summed E-state index contributed by atoms with van der Waals surface area (Å²) in [5.41, 5.74) is 13.6. The van der Waals surface area contributed by atoms with E-state index in [2.05, 4.69) is 17.5 Å². The summed E-state index contributed by atoms with van der Waals surface area (Å²) in [6, 6.07) is 6.91. The SMILES string of the molecule is NCC1=CCC(OCCCCNC(=O)c2ccc(N)cc2)C=C1. The third-order valence-electron chi connectivity index (χ3n) is 3.73. The van der Waals surface area contributed by atoms with E-state index in [9.17, 15) is 4.79 Å². The highest BCUT2D eigenvalue weighted by Gasteiger charge is 2.08. The summed E-state index contributed by atoms with van der Waals surface area (Å²) in [4.78, 5) is 11.9. The molecule has 0 aromatic heterocycles. The molecular weight excluding hydrogens is 290 g/mol. The normalized spacial score (nSPS) is 16.9. The molecule has 0 saturated heterocycles. The van der Waals surface area contributed by atoms with Gasteiger partial charge in [-0.2, -0.15) is 0 Å². The fourth-order valence-corrected chi connectivity index (χ4v) is 2.32. The molecule has 1 aliphatic rings. The molecule has 0 bridgehead atoms. The van der Waals surface area contributed by atoms with E-state index in [4.69, 9.17) is 16.2 Å². The maximum atomic E-state index is 11.9. The van der Waals surface area contributed by atoms with E-state index < -0.39 is 0 Å². The van der Waals surface area contributed by atoms with Crippen LogP contribution in [-0.4, -0.2) is 31.7 Å². The maximum absolute atomic E-state index is 11.9. The minimum absolute atomic E-state index is 0.0689. The van der Waals surface area contributed by atoms with Crippen molar-refractivity contribution in [3.8, 4) is 0 Å². The molecule has 0 saturated carbocycles. The number of benzene rings is 1. The number of anilines is 1. The standard InChI is InChI=1S/C18H25N3O2/c19-13-14-3-9-17(10-4-14)23-12-2-1-11-21-18(22)15-5-7-16(20)8-6-15/h3-9,17H,1-2,10-13,19-20H2,(H,21,22). The van der Waals surface area contributed by atoms with E-state index in [0.29, 0.717) is 30.9 Å². The van der Waals surface area contributed by atoms with Crippen molar-refractivity contribution in [3.63, 3.8) is 0 Å². The molecule has 0 fully saturated rings. The van der Waals surface area contributed by atoms with Gasteiger partial charge in [-0.15, -0.1) is 0 Å². The summed E-state index contributed by atoms with van der Waals surface area (Å²) in [5.74, 6) is -0.0689. The molecule has 1 aromatic carbocycles. The van der Waals surface area contributed by atoms with E-state index in [1.807, 2.05) is 6.08 Å². The molecule has 5 N–H and O–H groups in total. The molecule has 1 aromatic rings. The number of nitrogen functional groups attached to an aromatic ring is 1. The molecule has 0 radical (unpaired) electrons. The first kappa shape index (κ1) is 17.2. The van der Waals surface area contributed by atoms with E-state index in [0.717, 1.165) is 24.8 Å². The van der Waals surface area contributed by atoms with E-state index in [-0.39, 0.29) is 12.0 Å². The highest BCUT2D eigenvalue weighted by atomic mass is 16.5. The smallest absolute Gasteiger partial charge is 0.251 e. The Morgan fingerprint density at radius 1 is 1.26 bits per heavy atom. The van der Waals surface area contributed by atoms with Gasteiger partial charge in [-0.3, -0.25) is 4.79 Å². The van der Waals surface area contributed by atoms with Gasteiger partial charge < -0.3 is 21.5 Å². The lowest BCUT2D eigenvalue weighted by atomic mass is 10.1. The van der Waals surface area contributed by atoms with Gasteiger partial charge in [0.1, 0.15) is 0 Å². The molecule has 2 rings (SSSR count). The quantitative estimate of drug-likeness (QED) is 0.505.